The topological polar surface area (TPSA) is 78.9 Å². The molecular weight excluding hydrogens is 829 g/mol. The summed E-state index contributed by atoms with van der Waals surface area (Å²) in [5.74, 6) is 1.71. The van der Waals surface area contributed by atoms with Crippen molar-refractivity contribution in [2.75, 3.05) is 13.2 Å². The Kier molecular flexibility index (Phi) is 51.0. The van der Waals surface area contributed by atoms with Crippen LogP contribution >= 0.6 is 0 Å². The molecule has 1 unspecified atom stereocenters. The number of unbranched alkanes of at least 4 members (excludes halogenated alkanes) is 36. The molecule has 398 valence electrons. The van der Waals surface area contributed by atoms with Crippen LogP contribution in [0.25, 0.3) is 0 Å². The largest absolute Gasteiger partial charge is 0.462 e. The van der Waals surface area contributed by atoms with Gasteiger partial charge in [-0.3, -0.25) is 14.4 Å². The van der Waals surface area contributed by atoms with Gasteiger partial charge in [-0.15, -0.1) is 0 Å². The van der Waals surface area contributed by atoms with Gasteiger partial charge in [0.1, 0.15) is 13.2 Å². The van der Waals surface area contributed by atoms with Gasteiger partial charge in [0.2, 0.25) is 0 Å². The molecule has 6 nitrogen and oxygen atoms in total. The molecule has 0 spiro atoms. The van der Waals surface area contributed by atoms with Crippen LogP contribution in [0, 0.1) is 17.8 Å². The van der Waals surface area contributed by atoms with Crippen LogP contribution in [0.3, 0.4) is 0 Å². The van der Waals surface area contributed by atoms with Gasteiger partial charge in [-0.2, -0.15) is 0 Å². The molecule has 0 aromatic heterocycles. The molecule has 0 amide bonds. The lowest BCUT2D eigenvalue weighted by atomic mass is 9.99. The van der Waals surface area contributed by atoms with E-state index in [1.807, 2.05) is 0 Å². The van der Waals surface area contributed by atoms with E-state index in [9.17, 15) is 14.4 Å². The van der Waals surface area contributed by atoms with Gasteiger partial charge in [-0.1, -0.05) is 298 Å². The SMILES string of the molecule is CCC(C)CCCCCCCCCCC(=O)OC[C@H](COC(=O)CCCCCCCCCCCCCCCCCC(C)C)OC(=O)CCCCCCCCCCCCCCCCCCC(C)C. The molecule has 0 aromatic carbocycles. The lowest BCUT2D eigenvalue weighted by Crippen LogP contribution is -2.30. The molecule has 2 atom stereocenters. The van der Waals surface area contributed by atoms with Crippen molar-refractivity contribution in [3.05, 3.63) is 0 Å². The van der Waals surface area contributed by atoms with Crippen molar-refractivity contribution in [1.29, 1.82) is 0 Å². The van der Waals surface area contributed by atoms with Crippen molar-refractivity contribution in [2.45, 2.75) is 343 Å². The molecule has 0 aliphatic rings. The van der Waals surface area contributed by atoms with Crippen molar-refractivity contribution < 1.29 is 28.6 Å². The van der Waals surface area contributed by atoms with E-state index < -0.39 is 6.10 Å². The molecule has 6 heteroatoms. The van der Waals surface area contributed by atoms with Gasteiger partial charge < -0.3 is 14.2 Å². The molecule has 0 saturated carbocycles. The van der Waals surface area contributed by atoms with Gasteiger partial charge in [0.25, 0.3) is 0 Å². The molecule has 0 bridgehead atoms. The predicted octanol–water partition coefficient (Wildman–Crippen LogP) is 19.9. The maximum absolute atomic E-state index is 12.9. The Morgan fingerprint density at radius 1 is 0.299 bits per heavy atom. The van der Waals surface area contributed by atoms with Crippen LogP contribution in [0.1, 0.15) is 337 Å². The van der Waals surface area contributed by atoms with E-state index in [1.165, 1.54) is 218 Å². The van der Waals surface area contributed by atoms with Crippen molar-refractivity contribution >= 4 is 17.9 Å². The highest BCUT2D eigenvalue weighted by atomic mass is 16.6. The molecule has 0 aromatic rings. The van der Waals surface area contributed by atoms with Crippen LogP contribution in [0.15, 0.2) is 0 Å². The summed E-state index contributed by atoms with van der Waals surface area (Å²) in [6.07, 6.45) is 55.2. The molecule has 0 aliphatic heterocycles. The van der Waals surface area contributed by atoms with Crippen molar-refractivity contribution in [1.82, 2.24) is 0 Å². The first-order valence-corrected chi connectivity index (χ1v) is 30.1. The Morgan fingerprint density at radius 2 is 0.522 bits per heavy atom. The number of hydrogen-bond donors (Lipinski definition) is 0. The van der Waals surface area contributed by atoms with Crippen LogP contribution in [0.5, 0.6) is 0 Å². The third-order valence-corrected chi connectivity index (χ3v) is 14.3. The second kappa shape index (κ2) is 52.2. The number of carbonyl (C=O) groups excluding carboxylic acids is 3. The lowest BCUT2D eigenvalue weighted by molar-refractivity contribution is -0.167. The van der Waals surface area contributed by atoms with E-state index >= 15 is 0 Å². The van der Waals surface area contributed by atoms with Gasteiger partial charge in [-0.05, 0) is 37.0 Å². The highest BCUT2D eigenvalue weighted by molar-refractivity contribution is 5.71. The zero-order valence-electron chi connectivity index (χ0n) is 46.2. The summed E-state index contributed by atoms with van der Waals surface area (Å²) in [6, 6.07) is 0. The summed E-state index contributed by atoms with van der Waals surface area (Å²) < 4.78 is 16.9. The molecule has 0 fully saturated rings. The standard InChI is InChI=1S/C61H118O6/c1-7-57(6)49-43-37-31-27-28-33-39-45-51-60(63)66-54-58(53-65-59(62)50-44-38-32-25-21-17-14-10-12-16-20-24-30-36-42-48-56(4)5)67-61(64)52-46-40-34-26-22-18-13-9-8-11-15-19-23-29-35-41-47-55(2)3/h55-58H,7-54H2,1-6H3/t57?,58-/m0/s1. The first-order valence-electron chi connectivity index (χ1n) is 30.1. The Hall–Kier alpha value is -1.59. The number of carbonyl (C=O) groups is 3. The minimum absolute atomic E-state index is 0.0634. The normalized spacial score (nSPS) is 12.5. The monoisotopic (exact) mass is 947 g/mol. The zero-order valence-corrected chi connectivity index (χ0v) is 46.2. The van der Waals surface area contributed by atoms with Crippen LogP contribution in [-0.2, 0) is 28.6 Å². The highest BCUT2D eigenvalue weighted by Crippen LogP contribution is 2.19. The summed E-state index contributed by atoms with van der Waals surface area (Å²) >= 11 is 0. The third-order valence-electron chi connectivity index (χ3n) is 14.3. The quantitative estimate of drug-likeness (QED) is 0.0343. The van der Waals surface area contributed by atoms with Crippen LogP contribution in [-0.4, -0.2) is 37.2 Å². The molecule has 0 heterocycles. The second-order valence-corrected chi connectivity index (χ2v) is 22.2. The van der Waals surface area contributed by atoms with Crippen molar-refractivity contribution in [3.63, 3.8) is 0 Å². The molecule has 0 saturated heterocycles. The molecule has 67 heavy (non-hydrogen) atoms. The van der Waals surface area contributed by atoms with Crippen molar-refractivity contribution in [3.8, 4) is 0 Å². The second-order valence-electron chi connectivity index (χ2n) is 22.2. The minimum atomic E-state index is -0.764. The number of hydrogen-bond acceptors (Lipinski definition) is 6. The first-order chi connectivity index (χ1) is 32.6. The predicted molar refractivity (Wildman–Crippen MR) is 289 cm³/mol. The van der Waals surface area contributed by atoms with E-state index in [-0.39, 0.29) is 31.1 Å². The van der Waals surface area contributed by atoms with Crippen LogP contribution in [0.2, 0.25) is 0 Å². The first kappa shape index (κ1) is 65.4. The van der Waals surface area contributed by atoms with E-state index in [0.29, 0.717) is 19.3 Å². The lowest BCUT2D eigenvalue weighted by Gasteiger charge is -2.18. The third kappa shape index (κ3) is 53.6. The molecule has 0 radical (unpaired) electrons. The number of ether oxygens (including phenoxy) is 3. The summed E-state index contributed by atoms with van der Waals surface area (Å²) in [6.45, 7) is 13.8. The average Bonchev–Trinajstić information content (AvgIpc) is 3.30. The fourth-order valence-corrected chi connectivity index (χ4v) is 9.32. The summed E-state index contributed by atoms with van der Waals surface area (Å²) in [7, 11) is 0. The summed E-state index contributed by atoms with van der Waals surface area (Å²) in [4.78, 5) is 38.2. The molecule has 0 N–H and O–H groups in total. The average molecular weight is 948 g/mol. The fourth-order valence-electron chi connectivity index (χ4n) is 9.32. The van der Waals surface area contributed by atoms with E-state index in [1.54, 1.807) is 0 Å². The maximum Gasteiger partial charge on any atom is 0.306 e. The van der Waals surface area contributed by atoms with Gasteiger partial charge in [0, 0.05) is 19.3 Å². The fraction of sp³-hybridized carbons (Fsp3) is 0.951. The Bertz CT molecular complexity index is 1040. The summed E-state index contributed by atoms with van der Waals surface area (Å²) in [5, 5.41) is 0. The number of rotatable bonds is 54. The highest BCUT2D eigenvalue weighted by Gasteiger charge is 2.19. The molecule has 0 rings (SSSR count). The maximum atomic E-state index is 12.9. The van der Waals surface area contributed by atoms with E-state index in [0.717, 1.165) is 75.5 Å². The zero-order chi connectivity index (χ0) is 49.1. The van der Waals surface area contributed by atoms with Gasteiger partial charge >= 0.3 is 17.9 Å². The Morgan fingerprint density at radius 3 is 0.776 bits per heavy atom. The van der Waals surface area contributed by atoms with Crippen molar-refractivity contribution in [2.24, 2.45) is 17.8 Å². The number of esters is 3. The molecular formula is C61H118O6. The minimum Gasteiger partial charge on any atom is -0.462 e. The summed E-state index contributed by atoms with van der Waals surface area (Å²) in [5.41, 5.74) is 0. The van der Waals surface area contributed by atoms with Crippen LogP contribution in [0.4, 0.5) is 0 Å². The van der Waals surface area contributed by atoms with Gasteiger partial charge in [-0.25, -0.2) is 0 Å². The molecule has 0 aliphatic carbocycles. The van der Waals surface area contributed by atoms with E-state index in [4.69, 9.17) is 14.2 Å². The van der Waals surface area contributed by atoms with Crippen LogP contribution < -0.4 is 0 Å². The Labute approximate surface area is 418 Å². The van der Waals surface area contributed by atoms with E-state index in [2.05, 4.69) is 41.5 Å². The van der Waals surface area contributed by atoms with Gasteiger partial charge in [0.15, 0.2) is 6.10 Å². The smallest absolute Gasteiger partial charge is 0.306 e. The van der Waals surface area contributed by atoms with Gasteiger partial charge in [0.05, 0.1) is 0 Å². The Balaban J connectivity index is 4.27.